The SMILES string of the molecule is Nc1ccc(C(=O)N2N=C(C(F)F)CC2(O)C(F)F)cc1. The van der Waals surface area contributed by atoms with E-state index in [0.717, 1.165) is 0 Å². The van der Waals surface area contributed by atoms with Gasteiger partial charge in [-0.05, 0) is 24.3 Å². The minimum atomic E-state index is -3.45. The minimum absolute atomic E-state index is 0.00465. The molecular formula is C12H11F4N3O2. The summed E-state index contributed by atoms with van der Waals surface area (Å²) in [5.41, 5.74) is 1.59. The van der Waals surface area contributed by atoms with Crippen molar-refractivity contribution in [3.05, 3.63) is 29.8 Å². The van der Waals surface area contributed by atoms with Crippen molar-refractivity contribution in [3.63, 3.8) is 0 Å². The van der Waals surface area contributed by atoms with Gasteiger partial charge >= 0.3 is 0 Å². The molecule has 9 heteroatoms. The van der Waals surface area contributed by atoms with Gasteiger partial charge in [0, 0.05) is 17.7 Å². The summed E-state index contributed by atoms with van der Waals surface area (Å²) >= 11 is 0. The standard InChI is InChI=1S/C12H11F4N3O2/c13-9(14)8-5-12(21,11(15)16)19(18-8)10(20)6-1-3-7(17)4-2-6/h1-4,9,11,21H,5,17H2. The van der Waals surface area contributed by atoms with E-state index in [4.69, 9.17) is 5.73 Å². The van der Waals surface area contributed by atoms with Crippen LogP contribution in [-0.2, 0) is 0 Å². The number of hydrogen-bond donors (Lipinski definition) is 2. The van der Waals surface area contributed by atoms with Gasteiger partial charge in [0.2, 0.25) is 5.72 Å². The number of carbonyl (C=O) groups excluding carboxylic acids is 1. The van der Waals surface area contributed by atoms with Crippen molar-refractivity contribution >= 4 is 17.3 Å². The number of alkyl halides is 4. The zero-order valence-corrected chi connectivity index (χ0v) is 10.5. The van der Waals surface area contributed by atoms with Crippen LogP contribution in [0.1, 0.15) is 16.8 Å². The average molecular weight is 305 g/mol. The van der Waals surface area contributed by atoms with Gasteiger partial charge in [-0.25, -0.2) is 17.6 Å². The maximum Gasteiger partial charge on any atom is 0.287 e. The van der Waals surface area contributed by atoms with E-state index < -0.39 is 36.6 Å². The topological polar surface area (TPSA) is 78.9 Å². The lowest BCUT2D eigenvalue weighted by molar-refractivity contribution is -0.164. The first-order chi connectivity index (χ1) is 9.75. The van der Waals surface area contributed by atoms with Gasteiger partial charge in [0.15, 0.2) is 0 Å². The number of nitrogens with zero attached hydrogens (tertiary/aromatic N) is 2. The first-order valence-electron chi connectivity index (χ1n) is 5.82. The lowest BCUT2D eigenvalue weighted by Gasteiger charge is -2.30. The molecule has 5 nitrogen and oxygen atoms in total. The summed E-state index contributed by atoms with van der Waals surface area (Å²) in [7, 11) is 0. The third-order valence-corrected chi connectivity index (χ3v) is 2.99. The number of benzene rings is 1. The van der Waals surface area contributed by atoms with Crippen molar-refractivity contribution in [3.8, 4) is 0 Å². The second-order valence-electron chi connectivity index (χ2n) is 4.49. The number of aliphatic hydroxyl groups is 1. The minimum Gasteiger partial charge on any atom is -0.399 e. The van der Waals surface area contributed by atoms with Gasteiger partial charge in [-0.2, -0.15) is 10.1 Å². The van der Waals surface area contributed by atoms with Gasteiger partial charge in [-0.15, -0.1) is 0 Å². The maximum atomic E-state index is 13.0. The molecule has 0 aromatic heterocycles. The molecule has 0 fully saturated rings. The third kappa shape index (κ3) is 2.68. The van der Waals surface area contributed by atoms with Crippen LogP contribution in [0.5, 0.6) is 0 Å². The molecular weight excluding hydrogens is 294 g/mol. The number of carbonyl (C=O) groups is 1. The molecule has 0 saturated carbocycles. The van der Waals surface area contributed by atoms with Gasteiger partial charge < -0.3 is 10.8 Å². The molecule has 1 aromatic carbocycles. The fraction of sp³-hybridized carbons (Fsp3) is 0.333. The number of hydrogen-bond acceptors (Lipinski definition) is 4. The first kappa shape index (κ1) is 15.2. The monoisotopic (exact) mass is 305 g/mol. The molecule has 1 aromatic rings. The first-order valence-corrected chi connectivity index (χ1v) is 5.82. The predicted octanol–water partition coefficient (Wildman–Crippen LogP) is 1.69. The van der Waals surface area contributed by atoms with Crippen LogP contribution in [0.15, 0.2) is 29.4 Å². The van der Waals surface area contributed by atoms with Crippen molar-refractivity contribution in [1.29, 1.82) is 0 Å². The number of amides is 1. The zero-order valence-electron chi connectivity index (χ0n) is 10.5. The molecule has 21 heavy (non-hydrogen) atoms. The van der Waals surface area contributed by atoms with E-state index in [1.807, 2.05) is 0 Å². The summed E-state index contributed by atoms with van der Waals surface area (Å²) in [5.74, 6) is -1.12. The van der Waals surface area contributed by atoms with Crippen molar-refractivity contribution < 1.29 is 27.5 Å². The summed E-state index contributed by atoms with van der Waals surface area (Å²) in [5, 5.41) is 13.0. The van der Waals surface area contributed by atoms with E-state index in [-0.39, 0.29) is 10.6 Å². The normalized spacial score (nSPS) is 22.0. The molecule has 0 spiro atoms. The lowest BCUT2D eigenvalue weighted by atomic mass is 10.1. The maximum absolute atomic E-state index is 13.0. The molecule has 3 N–H and O–H groups in total. The van der Waals surface area contributed by atoms with Gasteiger partial charge in [-0.3, -0.25) is 4.79 Å². The van der Waals surface area contributed by atoms with Crippen LogP contribution in [-0.4, -0.2) is 40.3 Å². The van der Waals surface area contributed by atoms with Crippen LogP contribution in [0.3, 0.4) is 0 Å². The molecule has 1 aliphatic rings. The summed E-state index contributed by atoms with van der Waals surface area (Å²) < 4.78 is 51.1. The summed E-state index contributed by atoms with van der Waals surface area (Å²) in [6.07, 6.45) is -7.70. The molecule has 1 aliphatic heterocycles. The van der Waals surface area contributed by atoms with E-state index in [1.54, 1.807) is 0 Å². The Balaban J connectivity index is 2.38. The second-order valence-corrected chi connectivity index (χ2v) is 4.49. The predicted molar refractivity (Wildman–Crippen MR) is 66.0 cm³/mol. The summed E-state index contributed by atoms with van der Waals surface area (Å²) in [6.45, 7) is 0. The van der Waals surface area contributed by atoms with Crippen molar-refractivity contribution in [1.82, 2.24) is 5.01 Å². The number of nitrogen functional groups attached to an aromatic ring is 1. The highest BCUT2D eigenvalue weighted by Gasteiger charge is 2.53. The molecule has 0 saturated heterocycles. The highest BCUT2D eigenvalue weighted by atomic mass is 19.3. The number of hydrazone groups is 1. The third-order valence-electron chi connectivity index (χ3n) is 2.99. The Labute approximate surface area is 116 Å². The Morgan fingerprint density at radius 1 is 1.29 bits per heavy atom. The summed E-state index contributed by atoms with van der Waals surface area (Å²) in [4.78, 5) is 12.1. The lowest BCUT2D eigenvalue weighted by Crippen LogP contribution is -2.51. The van der Waals surface area contributed by atoms with Crippen molar-refractivity contribution in [2.45, 2.75) is 25.0 Å². The van der Waals surface area contributed by atoms with Crippen LogP contribution >= 0.6 is 0 Å². The van der Waals surface area contributed by atoms with E-state index in [2.05, 4.69) is 5.10 Å². The zero-order chi connectivity index (χ0) is 15.8. The fourth-order valence-electron chi connectivity index (χ4n) is 1.85. The van der Waals surface area contributed by atoms with Gasteiger partial charge in [-0.1, -0.05) is 0 Å². The molecule has 0 aliphatic carbocycles. The Bertz CT molecular complexity index is 576. The molecule has 1 unspecified atom stereocenters. The number of nitrogens with two attached hydrogens (primary N) is 1. The molecule has 114 valence electrons. The second kappa shape index (κ2) is 5.32. The van der Waals surface area contributed by atoms with Crippen molar-refractivity contribution in [2.75, 3.05) is 5.73 Å². The number of anilines is 1. The molecule has 0 radical (unpaired) electrons. The van der Waals surface area contributed by atoms with Crippen LogP contribution in [0.2, 0.25) is 0 Å². The molecule has 1 amide bonds. The Morgan fingerprint density at radius 2 is 1.86 bits per heavy atom. The Kier molecular flexibility index (Phi) is 3.86. The van der Waals surface area contributed by atoms with Crippen LogP contribution in [0, 0.1) is 0 Å². The van der Waals surface area contributed by atoms with E-state index in [1.165, 1.54) is 24.3 Å². The van der Waals surface area contributed by atoms with Crippen LogP contribution < -0.4 is 5.73 Å². The molecule has 1 heterocycles. The fourth-order valence-corrected chi connectivity index (χ4v) is 1.85. The summed E-state index contributed by atoms with van der Waals surface area (Å²) in [6, 6.07) is 5.11. The molecule has 2 rings (SSSR count). The van der Waals surface area contributed by atoms with Crippen LogP contribution in [0.25, 0.3) is 0 Å². The quantitative estimate of drug-likeness (QED) is 0.659. The highest BCUT2D eigenvalue weighted by molar-refractivity contribution is 5.99. The highest BCUT2D eigenvalue weighted by Crippen LogP contribution is 2.34. The van der Waals surface area contributed by atoms with E-state index in [9.17, 15) is 27.5 Å². The number of rotatable bonds is 3. The Hall–Kier alpha value is -2.16. The molecule has 0 bridgehead atoms. The van der Waals surface area contributed by atoms with Crippen LogP contribution in [0.4, 0.5) is 23.2 Å². The average Bonchev–Trinajstić information content (AvgIpc) is 2.78. The van der Waals surface area contributed by atoms with E-state index >= 15 is 0 Å². The smallest absolute Gasteiger partial charge is 0.287 e. The Morgan fingerprint density at radius 3 is 2.33 bits per heavy atom. The van der Waals surface area contributed by atoms with Crippen molar-refractivity contribution in [2.24, 2.45) is 5.10 Å². The van der Waals surface area contributed by atoms with E-state index in [0.29, 0.717) is 5.69 Å². The molecule has 1 atom stereocenters. The van der Waals surface area contributed by atoms with Gasteiger partial charge in [0.25, 0.3) is 18.8 Å². The largest absolute Gasteiger partial charge is 0.399 e. The number of halogens is 4. The van der Waals surface area contributed by atoms with Gasteiger partial charge in [0.05, 0.1) is 0 Å². The van der Waals surface area contributed by atoms with Gasteiger partial charge in [0.1, 0.15) is 5.71 Å².